The number of rotatable bonds is 8. The van der Waals surface area contributed by atoms with Gasteiger partial charge in [0.2, 0.25) is 5.95 Å². The summed E-state index contributed by atoms with van der Waals surface area (Å²) in [5.41, 5.74) is 2.69. The van der Waals surface area contributed by atoms with Crippen LogP contribution in [0, 0.1) is 5.92 Å². The fourth-order valence-electron chi connectivity index (χ4n) is 2.59. The van der Waals surface area contributed by atoms with Gasteiger partial charge >= 0.3 is 0 Å². The van der Waals surface area contributed by atoms with E-state index in [-0.39, 0.29) is 5.92 Å². The number of nitrogens with one attached hydrogen (secondary N) is 2. The SMILES string of the molecule is CCn1cnc2c(NCc3ccccc3)nc(NCC(O)C(C)C)nc21. The van der Waals surface area contributed by atoms with Crippen molar-refractivity contribution in [1.82, 2.24) is 19.5 Å². The Labute approximate surface area is 153 Å². The fraction of sp³-hybridized carbons (Fsp3) is 0.421. The topological polar surface area (TPSA) is 87.9 Å². The van der Waals surface area contributed by atoms with E-state index in [0.29, 0.717) is 24.9 Å². The molecule has 1 aromatic carbocycles. The summed E-state index contributed by atoms with van der Waals surface area (Å²) in [6.45, 7) is 7.85. The van der Waals surface area contributed by atoms with Gasteiger partial charge in [-0.1, -0.05) is 44.2 Å². The standard InChI is InChI=1S/C19H26N6O/c1-4-25-12-22-16-17(20-10-14-8-6-5-7-9-14)23-19(24-18(16)25)21-11-15(26)13(2)3/h5-9,12-13,15,26H,4,10-11H2,1-3H3,(H2,20,21,23,24). The molecule has 0 spiro atoms. The lowest BCUT2D eigenvalue weighted by Crippen LogP contribution is -2.25. The van der Waals surface area contributed by atoms with Gasteiger partial charge in [-0.2, -0.15) is 9.97 Å². The molecule has 1 unspecified atom stereocenters. The average molecular weight is 354 g/mol. The molecule has 138 valence electrons. The molecule has 7 heteroatoms. The highest BCUT2D eigenvalue weighted by molar-refractivity contribution is 5.84. The van der Waals surface area contributed by atoms with E-state index in [1.807, 2.05) is 36.6 Å². The number of aliphatic hydroxyl groups is 1. The third-order valence-electron chi connectivity index (χ3n) is 4.35. The Morgan fingerprint density at radius 3 is 2.58 bits per heavy atom. The van der Waals surface area contributed by atoms with E-state index in [0.717, 1.165) is 17.7 Å². The summed E-state index contributed by atoms with van der Waals surface area (Å²) in [5, 5.41) is 16.5. The highest BCUT2D eigenvalue weighted by atomic mass is 16.3. The van der Waals surface area contributed by atoms with Gasteiger partial charge in [-0.05, 0) is 18.4 Å². The smallest absolute Gasteiger partial charge is 0.226 e. The number of aromatic nitrogens is 4. The van der Waals surface area contributed by atoms with Crippen molar-refractivity contribution in [2.24, 2.45) is 5.92 Å². The Kier molecular flexibility index (Phi) is 5.68. The Hall–Kier alpha value is -2.67. The first-order valence-corrected chi connectivity index (χ1v) is 9.01. The molecule has 3 N–H and O–H groups in total. The largest absolute Gasteiger partial charge is 0.391 e. The van der Waals surface area contributed by atoms with Gasteiger partial charge in [0, 0.05) is 19.6 Å². The molecule has 0 radical (unpaired) electrons. The maximum absolute atomic E-state index is 10.0. The number of hydrogen-bond donors (Lipinski definition) is 3. The van der Waals surface area contributed by atoms with Gasteiger partial charge < -0.3 is 20.3 Å². The van der Waals surface area contributed by atoms with Crippen molar-refractivity contribution in [2.45, 2.75) is 40.0 Å². The number of nitrogens with zero attached hydrogens (tertiary/aromatic N) is 4. The molecule has 0 saturated heterocycles. The molecule has 1 atom stereocenters. The monoisotopic (exact) mass is 354 g/mol. The predicted octanol–water partition coefficient (Wildman–Crippen LogP) is 2.89. The molecular formula is C19H26N6O. The summed E-state index contributed by atoms with van der Waals surface area (Å²) in [7, 11) is 0. The highest BCUT2D eigenvalue weighted by Crippen LogP contribution is 2.21. The highest BCUT2D eigenvalue weighted by Gasteiger charge is 2.14. The molecule has 0 aliphatic heterocycles. The number of aryl methyl sites for hydroxylation is 1. The van der Waals surface area contributed by atoms with Gasteiger partial charge in [-0.25, -0.2) is 4.98 Å². The summed E-state index contributed by atoms with van der Waals surface area (Å²) in [6.07, 6.45) is 1.32. The minimum absolute atomic E-state index is 0.170. The van der Waals surface area contributed by atoms with Crippen LogP contribution in [-0.2, 0) is 13.1 Å². The number of anilines is 2. The van der Waals surface area contributed by atoms with Gasteiger partial charge in [0.15, 0.2) is 17.0 Å². The quantitative estimate of drug-likeness (QED) is 0.576. The van der Waals surface area contributed by atoms with E-state index in [4.69, 9.17) is 0 Å². The lowest BCUT2D eigenvalue weighted by atomic mass is 10.1. The van der Waals surface area contributed by atoms with E-state index in [1.54, 1.807) is 6.33 Å². The van der Waals surface area contributed by atoms with E-state index in [2.05, 4.69) is 44.6 Å². The second kappa shape index (κ2) is 8.14. The van der Waals surface area contributed by atoms with E-state index < -0.39 is 6.10 Å². The van der Waals surface area contributed by atoms with Crippen molar-refractivity contribution < 1.29 is 5.11 Å². The number of aliphatic hydroxyl groups excluding tert-OH is 1. The first-order valence-electron chi connectivity index (χ1n) is 9.01. The van der Waals surface area contributed by atoms with Crippen LogP contribution in [-0.4, -0.2) is 37.3 Å². The zero-order valence-corrected chi connectivity index (χ0v) is 15.5. The fourth-order valence-corrected chi connectivity index (χ4v) is 2.59. The van der Waals surface area contributed by atoms with Crippen LogP contribution in [0.3, 0.4) is 0 Å². The van der Waals surface area contributed by atoms with Crippen molar-refractivity contribution in [3.63, 3.8) is 0 Å². The van der Waals surface area contributed by atoms with Gasteiger partial charge in [-0.3, -0.25) is 0 Å². The lowest BCUT2D eigenvalue weighted by Gasteiger charge is -2.16. The number of imidazole rings is 1. The summed E-state index contributed by atoms with van der Waals surface area (Å²) in [6, 6.07) is 10.1. The van der Waals surface area contributed by atoms with Crippen LogP contribution in [0.1, 0.15) is 26.3 Å². The van der Waals surface area contributed by atoms with Gasteiger partial charge in [0.05, 0.1) is 12.4 Å². The molecule has 26 heavy (non-hydrogen) atoms. The van der Waals surface area contributed by atoms with Gasteiger partial charge in [0.25, 0.3) is 0 Å². The van der Waals surface area contributed by atoms with E-state index in [9.17, 15) is 5.11 Å². The first kappa shape index (κ1) is 18.1. The van der Waals surface area contributed by atoms with E-state index in [1.165, 1.54) is 5.56 Å². The Balaban J connectivity index is 1.86. The summed E-state index contributed by atoms with van der Waals surface area (Å²) in [4.78, 5) is 13.6. The van der Waals surface area contributed by atoms with Crippen LogP contribution >= 0.6 is 0 Å². The van der Waals surface area contributed by atoms with Crippen molar-refractivity contribution in [3.05, 3.63) is 42.2 Å². The molecule has 3 rings (SSSR count). The molecule has 0 amide bonds. The van der Waals surface area contributed by atoms with Crippen LogP contribution in [0.5, 0.6) is 0 Å². The molecule has 2 heterocycles. The van der Waals surface area contributed by atoms with Crippen LogP contribution in [0.25, 0.3) is 11.2 Å². The predicted molar refractivity (Wildman–Crippen MR) is 104 cm³/mol. The second-order valence-corrected chi connectivity index (χ2v) is 6.63. The van der Waals surface area contributed by atoms with Crippen molar-refractivity contribution >= 4 is 22.9 Å². The Bertz CT molecular complexity index is 846. The Morgan fingerprint density at radius 2 is 1.88 bits per heavy atom. The van der Waals surface area contributed by atoms with Gasteiger partial charge in [-0.15, -0.1) is 0 Å². The minimum Gasteiger partial charge on any atom is -0.391 e. The third kappa shape index (κ3) is 4.11. The van der Waals surface area contributed by atoms with Crippen molar-refractivity contribution in [3.8, 4) is 0 Å². The Morgan fingerprint density at radius 1 is 1.12 bits per heavy atom. The molecule has 0 aliphatic rings. The van der Waals surface area contributed by atoms with Crippen LogP contribution in [0.15, 0.2) is 36.7 Å². The van der Waals surface area contributed by atoms with Crippen molar-refractivity contribution in [1.29, 1.82) is 0 Å². The zero-order valence-electron chi connectivity index (χ0n) is 15.5. The molecule has 0 fully saturated rings. The van der Waals surface area contributed by atoms with Crippen LogP contribution < -0.4 is 10.6 Å². The van der Waals surface area contributed by atoms with Crippen LogP contribution in [0.4, 0.5) is 11.8 Å². The molecule has 2 aromatic heterocycles. The van der Waals surface area contributed by atoms with Gasteiger partial charge in [0.1, 0.15) is 0 Å². The number of hydrogen-bond acceptors (Lipinski definition) is 6. The minimum atomic E-state index is -0.453. The van der Waals surface area contributed by atoms with Crippen LogP contribution in [0.2, 0.25) is 0 Å². The second-order valence-electron chi connectivity index (χ2n) is 6.63. The number of benzene rings is 1. The molecule has 7 nitrogen and oxygen atoms in total. The lowest BCUT2D eigenvalue weighted by molar-refractivity contribution is 0.137. The van der Waals surface area contributed by atoms with Crippen molar-refractivity contribution in [2.75, 3.05) is 17.2 Å². The molecule has 0 aliphatic carbocycles. The molecule has 0 bridgehead atoms. The molecule has 0 saturated carbocycles. The summed E-state index contributed by atoms with van der Waals surface area (Å²) >= 11 is 0. The number of fused-ring (bicyclic) bond motifs is 1. The summed E-state index contributed by atoms with van der Waals surface area (Å²) < 4.78 is 1.98. The first-order chi connectivity index (χ1) is 12.6. The maximum atomic E-state index is 10.0. The normalized spacial score (nSPS) is 12.5. The molecule has 3 aromatic rings. The van der Waals surface area contributed by atoms with E-state index >= 15 is 0 Å². The maximum Gasteiger partial charge on any atom is 0.226 e. The third-order valence-corrected chi connectivity index (χ3v) is 4.35. The molecular weight excluding hydrogens is 328 g/mol. The summed E-state index contributed by atoms with van der Waals surface area (Å²) in [5.74, 6) is 1.35. The zero-order chi connectivity index (χ0) is 18.5. The average Bonchev–Trinajstić information content (AvgIpc) is 3.08.